The summed E-state index contributed by atoms with van der Waals surface area (Å²) in [6.45, 7) is 0. The molecule has 0 aliphatic rings. The fourth-order valence-corrected chi connectivity index (χ4v) is 1.59. The quantitative estimate of drug-likeness (QED) is 0.773. The van der Waals surface area contributed by atoms with Crippen LogP contribution in [-0.2, 0) is 0 Å². The highest BCUT2D eigenvalue weighted by molar-refractivity contribution is 8.00. The minimum absolute atomic E-state index is 0.866. The van der Waals surface area contributed by atoms with E-state index in [0.717, 1.165) is 10.7 Å². The molecule has 2 rings (SSSR count). The van der Waals surface area contributed by atoms with E-state index in [1.807, 2.05) is 42.5 Å². The molecule has 1 aromatic heterocycles. The molecule has 0 bridgehead atoms. The number of rotatable bonds is 3. The first-order chi connectivity index (χ1) is 6.95. The van der Waals surface area contributed by atoms with Crippen LogP contribution in [0.3, 0.4) is 0 Å². The first-order valence-electron chi connectivity index (χ1n) is 4.25. The lowest BCUT2D eigenvalue weighted by atomic mass is 10.4. The first-order valence-corrected chi connectivity index (χ1v) is 5.07. The molecule has 0 fully saturated rings. The summed E-state index contributed by atoms with van der Waals surface area (Å²) < 4.78 is 3.15. The van der Waals surface area contributed by atoms with Crippen LogP contribution in [0, 0.1) is 6.07 Å². The summed E-state index contributed by atoms with van der Waals surface area (Å²) in [7, 11) is 0. The fourth-order valence-electron chi connectivity index (χ4n) is 0.974. The Labute approximate surface area is 87.5 Å². The van der Waals surface area contributed by atoms with E-state index in [-0.39, 0.29) is 0 Å². The van der Waals surface area contributed by atoms with Crippen molar-refractivity contribution in [3.63, 3.8) is 0 Å². The largest absolute Gasteiger partial charge is 0.310 e. The maximum Gasteiger partial charge on any atom is 0.136 e. The molecule has 0 saturated heterocycles. The van der Waals surface area contributed by atoms with Crippen LogP contribution in [0.5, 0.6) is 0 Å². The van der Waals surface area contributed by atoms with E-state index in [1.54, 1.807) is 18.1 Å². The Balaban J connectivity index is 1.96. The van der Waals surface area contributed by atoms with Gasteiger partial charge in [0.05, 0.1) is 0 Å². The van der Waals surface area contributed by atoms with Gasteiger partial charge in [-0.1, -0.05) is 18.2 Å². The van der Waals surface area contributed by atoms with Crippen LogP contribution in [0.25, 0.3) is 0 Å². The Morgan fingerprint density at radius 3 is 2.71 bits per heavy atom. The van der Waals surface area contributed by atoms with Crippen LogP contribution in [0.4, 0.5) is 5.82 Å². The molecule has 0 atom stereocenters. The van der Waals surface area contributed by atoms with Crippen LogP contribution in [-0.4, -0.2) is 4.98 Å². The van der Waals surface area contributed by atoms with Crippen LogP contribution < -0.4 is 4.72 Å². The van der Waals surface area contributed by atoms with Crippen molar-refractivity contribution >= 4 is 17.8 Å². The molecule has 0 aliphatic carbocycles. The second-order valence-electron chi connectivity index (χ2n) is 2.65. The SMILES string of the molecule is [c]1ccc(SNc2ccccn2)cc1. The van der Waals surface area contributed by atoms with Gasteiger partial charge in [-0.25, -0.2) is 4.98 Å². The smallest absolute Gasteiger partial charge is 0.136 e. The van der Waals surface area contributed by atoms with Gasteiger partial charge in [0.1, 0.15) is 5.82 Å². The zero-order chi connectivity index (χ0) is 9.64. The van der Waals surface area contributed by atoms with E-state index in [4.69, 9.17) is 0 Å². The number of hydrogen-bond acceptors (Lipinski definition) is 3. The molecule has 0 spiro atoms. The Hall–Kier alpha value is -1.48. The normalized spacial score (nSPS) is 9.71. The number of anilines is 1. The summed E-state index contributed by atoms with van der Waals surface area (Å²) in [4.78, 5) is 5.30. The molecule has 1 heterocycles. The Morgan fingerprint density at radius 2 is 2.00 bits per heavy atom. The summed E-state index contributed by atoms with van der Waals surface area (Å²) >= 11 is 1.54. The molecule has 3 heteroatoms. The average Bonchev–Trinajstić information content (AvgIpc) is 2.29. The van der Waals surface area contributed by atoms with E-state index in [1.165, 1.54) is 0 Å². The van der Waals surface area contributed by atoms with Gasteiger partial charge >= 0.3 is 0 Å². The van der Waals surface area contributed by atoms with Crippen molar-refractivity contribution in [2.24, 2.45) is 0 Å². The topological polar surface area (TPSA) is 24.9 Å². The lowest BCUT2D eigenvalue weighted by Gasteiger charge is -2.02. The fraction of sp³-hybridized carbons (Fsp3) is 0. The van der Waals surface area contributed by atoms with Gasteiger partial charge in [-0.15, -0.1) is 0 Å². The molecule has 14 heavy (non-hydrogen) atoms. The minimum atomic E-state index is 0.866. The van der Waals surface area contributed by atoms with E-state index in [0.29, 0.717) is 0 Å². The second-order valence-corrected chi connectivity index (χ2v) is 3.53. The van der Waals surface area contributed by atoms with E-state index < -0.39 is 0 Å². The van der Waals surface area contributed by atoms with Crippen LogP contribution in [0.2, 0.25) is 0 Å². The van der Waals surface area contributed by atoms with Crippen LogP contribution >= 0.6 is 11.9 Å². The highest BCUT2D eigenvalue weighted by Gasteiger charge is 1.93. The van der Waals surface area contributed by atoms with Gasteiger partial charge in [0.2, 0.25) is 0 Å². The molecule has 0 amide bonds. The monoisotopic (exact) mass is 201 g/mol. The molecule has 0 aliphatic heterocycles. The van der Waals surface area contributed by atoms with Gasteiger partial charge < -0.3 is 4.72 Å². The summed E-state index contributed by atoms with van der Waals surface area (Å²) in [5, 5.41) is 0. The van der Waals surface area contributed by atoms with Crippen molar-refractivity contribution in [1.29, 1.82) is 0 Å². The molecule has 1 radical (unpaired) electrons. The second kappa shape index (κ2) is 4.67. The summed E-state index contributed by atoms with van der Waals surface area (Å²) in [6.07, 6.45) is 1.77. The minimum Gasteiger partial charge on any atom is -0.310 e. The van der Waals surface area contributed by atoms with Gasteiger partial charge in [-0.05, 0) is 42.3 Å². The number of pyridine rings is 1. The number of hydrogen-bond donors (Lipinski definition) is 1. The van der Waals surface area contributed by atoms with Gasteiger partial charge in [-0.2, -0.15) is 0 Å². The lowest BCUT2D eigenvalue weighted by Crippen LogP contribution is -1.88. The molecular weight excluding hydrogens is 192 g/mol. The lowest BCUT2D eigenvalue weighted by molar-refractivity contribution is 1.33. The molecule has 2 aromatic rings. The summed E-state index contributed by atoms with van der Waals surface area (Å²) in [5.41, 5.74) is 0. The Bertz CT molecular complexity index is 336. The predicted octanol–water partition coefficient (Wildman–Crippen LogP) is 3.00. The summed E-state index contributed by atoms with van der Waals surface area (Å²) in [5.74, 6) is 0.866. The van der Waals surface area contributed by atoms with E-state index in [2.05, 4.69) is 15.8 Å². The highest BCUT2D eigenvalue weighted by Crippen LogP contribution is 2.18. The van der Waals surface area contributed by atoms with E-state index >= 15 is 0 Å². The average molecular weight is 201 g/mol. The van der Waals surface area contributed by atoms with Crippen LogP contribution in [0.1, 0.15) is 0 Å². The Morgan fingerprint density at radius 1 is 1.14 bits per heavy atom. The third-order valence-corrected chi connectivity index (χ3v) is 2.45. The predicted molar refractivity (Wildman–Crippen MR) is 59.0 cm³/mol. The molecule has 1 aromatic carbocycles. The van der Waals surface area contributed by atoms with Gasteiger partial charge in [0.25, 0.3) is 0 Å². The molecule has 0 saturated carbocycles. The third-order valence-electron chi connectivity index (χ3n) is 1.63. The maximum atomic E-state index is 4.15. The van der Waals surface area contributed by atoms with Crippen molar-refractivity contribution < 1.29 is 0 Å². The molecule has 1 N–H and O–H groups in total. The third kappa shape index (κ3) is 2.50. The van der Waals surface area contributed by atoms with Crippen molar-refractivity contribution in [2.45, 2.75) is 4.90 Å². The van der Waals surface area contributed by atoms with Gasteiger partial charge in [0, 0.05) is 11.1 Å². The van der Waals surface area contributed by atoms with E-state index in [9.17, 15) is 0 Å². The maximum absolute atomic E-state index is 4.15. The van der Waals surface area contributed by atoms with Crippen molar-refractivity contribution in [1.82, 2.24) is 4.98 Å². The zero-order valence-corrected chi connectivity index (χ0v) is 8.29. The molecule has 0 unspecified atom stereocenters. The van der Waals surface area contributed by atoms with Gasteiger partial charge in [-0.3, -0.25) is 0 Å². The molecular formula is C11H9N2S. The number of aromatic nitrogens is 1. The number of benzene rings is 1. The number of nitrogens with one attached hydrogen (secondary N) is 1. The summed E-state index contributed by atoms with van der Waals surface area (Å²) in [6, 6.07) is 16.5. The number of nitrogens with zero attached hydrogens (tertiary/aromatic N) is 1. The van der Waals surface area contributed by atoms with Gasteiger partial charge in [0.15, 0.2) is 0 Å². The molecule has 69 valence electrons. The van der Waals surface area contributed by atoms with Crippen molar-refractivity contribution in [3.8, 4) is 0 Å². The standard InChI is InChI=1S/C11H9N2S/c1-2-6-10(7-3-1)14-13-11-8-4-5-9-12-11/h2-9H,(H,12,13). The zero-order valence-electron chi connectivity index (χ0n) is 7.47. The highest BCUT2D eigenvalue weighted by atomic mass is 32.2. The van der Waals surface area contributed by atoms with Crippen LogP contribution in [0.15, 0.2) is 53.6 Å². The Kier molecular flexibility index (Phi) is 3.03. The van der Waals surface area contributed by atoms with Crippen molar-refractivity contribution in [2.75, 3.05) is 4.72 Å². The first kappa shape index (κ1) is 9.09. The van der Waals surface area contributed by atoms with Crippen molar-refractivity contribution in [3.05, 3.63) is 54.7 Å². The molecule has 2 nitrogen and oxygen atoms in total.